The molecule has 4 heteroatoms. The highest BCUT2D eigenvalue weighted by molar-refractivity contribution is 5.80. The van der Waals surface area contributed by atoms with Gasteiger partial charge in [0.15, 0.2) is 0 Å². The number of carbonyl (C=O) groups is 1. The number of ether oxygens (including phenoxy) is 1. The summed E-state index contributed by atoms with van der Waals surface area (Å²) in [6.45, 7) is 12.1. The van der Waals surface area contributed by atoms with E-state index >= 15 is 0 Å². The summed E-state index contributed by atoms with van der Waals surface area (Å²) in [5.74, 6) is 0.573. The van der Waals surface area contributed by atoms with Gasteiger partial charge in [-0.1, -0.05) is 20.3 Å². The molecule has 1 rings (SSSR count). The minimum atomic E-state index is -0.569. The fourth-order valence-corrected chi connectivity index (χ4v) is 2.72. The first-order chi connectivity index (χ1) is 9.82. The molecule has 0 aliphatic heterocycles. The van der Waals surface area contributed by atoms with Gasteiger partial charge in [0.2, 0.25) is 0 Å². The number of nitrogens with one attached hydrogen (secondary N) is 1. The molecule has 1 fully saturated rings. The number of nitrogens with zero attached hydrogens (tertiary/aromatic N) is 1. The third-order valence-electron chi connectivity index (χ3n) is 4.58. The van der Waals surface area contributed by atoms with Crippen molar-refractivity contribution in [2.45, 2.75) is 77.9 Å². The van der Waals surface area contributed by atoms with Gasteiger partial charge in [0, 0.05) is 18.6 Å². The van der Waals surface area contributed by atoms with Crippen molar-refractivity contribution in [1.82, 2.24) is 10.2 Å². The lowest BCUT2D eigenvalue weighted by Gasteiger charge is -2.35. The lowest BCUT2D eigenvalue weighted by Crippen LogP contribution is -2.55. The third-order valence-corrected chi connectivity index (χ3v) is 4.58. The molecule has 4 nitrogen and oxygen atoms in total. The second-order valence-corrected chi connectivity index (χ2v) is 6.98. The van der Waals surface area contributed by atoms with Gasteiger partial charge in [-0.15, -0.1) is 0 Å². The first kappa shape index (κ1) is 18.4. The van der Waals surface area contributed by atoms with Gasteiger partial charge in [-0.2, -0.15) is 0 Å². The number of hydrogen-bond donors (Lipinski definition) is 1. The van der Waals surface area contributed by atoms with Gasteiger partial charge >= 0.3 is 5.97 Å². The number of carbonyl (C=O) groups excluding carboxylic acids is 1. The van der Waals surface area contributed by atoms with Crippen LogP contribution in [-0.2, 0) is 9.53 Å². The minimum Gasteiger partial charge on any atom is -0.465 e. The Morgan fingerprint density at radius 2 is 2.00 bits per heavy atom. The lowest BCUT2D eigenvalue weighted by molar-refractivity contribution is -0.151. The van der Waals surface area contributed by atoms with Crippen LogP contribution in [0.1, 0.15) is 60.3 Å². The van der Waals surface area contributed by atoms with Crippen LogP contribution in [0, 0.1) is 5.92 Å². The monoisotopic (exact) mass is 298 g/mol. The van der Waals surface area contributed by atoms with Gasteiger partial charge in [0.05, 0.1) is 6.61 Å². The zero-order valence-corrected chi connectivity index (χ0v) is 14.7. The van der Waals surface area contributed by atoms with Crippen LogP contribution in [0.15, 0.2) is 0 Å². The molecule has 0 aromatic heterocycles. The molecule has 124 valence electrons. The van der Waals surface area contributed by atoms with Gasteiger partial charge in [-0.3, -0.25) is 10.1 Å². The highest BCUT2D eigenvalue weighted by atomic mass is 16.5. The predicted molar refractivity (Wildman–Crippen MR) is 87.4 cm³/mol. The van der Waals surface area contributed by atoms with Crippen molar-refractivity contribution in [3.8, 4) is 0 Å². The van der Waals surface area contributed by atoms with E-state index < -0.39 is 5.54 Å². The van der Waals surface area contributed by atoms with Crippen molar-refractivity contribution in [3.63, 3.8) is 0 Å². The fraction of sp³-hybridized carbons (Fsp3) is 0.941. The minimum absolute atomic E-state index is 0.110. The van der Waals surface area contributed by atoms with Crippen LogP contribution in [0.3, 0.4) is 0 Å². The molecule has 3 atom stereocenters. The molecule has 1 N–H and O–H groups in total. The molecule has 0 amide bonds. The van der Waals surface area contributed by atoms with Crippen LogP contribution < -0.4 is 5.32 Å². The molecule has 0 bridgehead atoms. The van der Waals surface area contributed by atoms with Gasteiger partial charge in [-0.25, -0.2) is 0 Å². The molecule has 3 unspecified atom stereocenters. The Kier molecular flexibility index (Phi) is 7.14. The van der Waals surface area contributed by atoms with Gasteiger partial charge < -0.3 is 9.64 Å². The van der Waals surface area contributed by atoms with Crippen molar-refractivity contribution >= 4 is 5.97 Å². The molecular formula is C17H34N2O2. The van der Waals surface area contributed by atoms with E-state index in [4.69, 9.17) is 4.74 Å². The molecule has 0 aromatic rings. The van der Waals surface area contributed by atoms with E-state index in [0.29, 0.717) is 24.6 Å². The number of hydrogen-bond acceptors (Lipinski definition) is 4. The third kappa shape index (κ3) is 5.95. The lowest BCUT2D eigenvalue weighted by atomic mass is 9.92. The van der Waals surface area contributed by atoms with Crippen LogP contribution in [0.4, 0.5) is 0 Å². The zero-order chi connectivity index (χ0) is 16.0. The maximum absolute atomic E-state index is 12.4. The van der Waals surface area contributed by atoms with E-state index in [9.17, 15) is 4.79 Å². The number of esters is 1. The molecule has 1 aliphatic rings. The molecule has 1 aliphatic carbocycles. The van der Waals surface area contributed by atoms with Crippen LogP contribution in [0.2, 0.25) is 0 Å². The van der Waals surface area contributed by atoms with E-state index in [1.807, 2.05) is 13.8 Å². The maximum Gasteiger partial charge on any atom is 0.326 e. The summed E-state index contributed by atoms with van der Waals surface area (Å²) >= 11 is 0. The van der Waals surface area contributed by atoms with E-state index in [-0.39, 0.29) is 5.97 Å². The summed E-state index contributed by atoms with van der Waals surface area (Å²) < 4.78 is 5.30. The van der Waals surface area contributed by atoms with Crippen molar-refractivity contribution in [3.05, 3.63) is 0 Å². The van der Waals surface area contributed by atoms with Crippen molar-refractivity contribution in [2.75, 3.05) is 20.2 Å². The Labute approximate surface area is 130 Å². The molecule has 21 heavy (non-hydrogen) atoms. The van der Waals surface area contributed by atoms with Crippen LogP contribution in [0.5, 0.6) is 0 Å². The van der Waals surface area contributed by atoms with Crippen molar-refractivity contribution in [2.24, 2.45) is 5.92 Å². The van der Waals surface area contributed by atoms with E-state index in [1.165, 1.54) is 19.3 Å². The van der Waals surface area contributed by atoms with Crippen molar-refractivity contribution < 1.29 is 9.53 Å². The Bertz CT molecular complexity index is 331. The van der Waals surface area contributed by atoms with E-state index in [0.717, 1.165) is 13.0 Å². The standard InChI is InChI=1S/C17H34N2O2/c1-7-13(3)12-19(6)14(4)11-17(5,16(20)21-8-2)18-15-9-10-15/h13-15,18H,7-12H2,1-6H3. The summed E-state index contributed by atoms with van der Waals surface area (Å²) in [5.41, 5.74) is -0.569. The average Bonchev–Trinajstić information content (AvgIpc) is 3.22. The van der Waals surface area contributed by atoms with Crippen LogP contribution >= 0.6 is 0 Å². The summed E-state index contributed by atoms with van der Waals surface area (Å²) in [4.78, 5) is 14.7. The Morgan fingerprint density at radius 3 is 2.48 bits per heavy atom. The molecule has 0 heterocycles. The first-order valence-corrected chi connectivity index (χ1v) is 8.47. The first-order valence-electron chi connectivity index (χ1n) is 8.47. The average molecular weight is 298 g/mol. The normalized spacial score (nSPS) is 20.9. The molecule has 0 radical (unpaired) electrons. The van der Waals surface area contributed by atoms with Gasteiger partial charge in [-0.05, 0) is 53.0 Å². The highest BCUT2D eigenvalue weighted by Crippen LogP contribution is 2.27. The second-order valence-electron chi connectivity index (χ2n) is 6.98. The molecular weight excluding hydrogens is 264 g/mol. The molecule has 0 spiro atoms. The smallest absolute Gasteiger partial charge is 0.326 e. The fourth-order valence-electron chi connectivity index (χ4n) is 2.72. The predicted octanol–water partition coefficient (Wildman–Crippen LogP) is 2.82. The Hall–Kier alpha value is -0.610. The summed E-state index contributed by atoms with van der Waals surface area (Å²) in [7, 11) is 2.15. The summed E-state index contributed by atoms with van der Waals surface area (Å²) in [6.07, 6.45) is 4.32. The van der Waals surface area contributed by atoms with Gasteiger partial charge in [0.1, 0.15) is 5.54 Å². The summed E-state index contributed by atoms with van der Waals surface area (Å²) in [5, 5.41) is 3.50. The van der Waals surface area contributed by atoms with Crippen LogP contribution in [0.25, 0.3) is 0 Å². The van der Waals surface area contributed by atoms with Crippen molar-refractivity contribution in [1.29, 1.82) is 0 Å². The molecule has 0 saturated heterocycles. The Morgan fingerprint density at radius 1 is 1.38 bits per heavy atom. The molecule has 0 aromatic carbocycles. The maximum atomic E-state index is 12.4. The van der Waals surface area contributed by atoms with E-state index in [2.05, 4.69) is 38.0 Å². The van der Waals surface area contributed by atoms with E-state index in [1.54, 1.807) is 0 Å². The molecule has 1 saturated carbocycles. The largest absolute Gasteiger partial charge is 0.465 e. The van der Waals surface area contributed by atoms with Gasteiger partial charge in [0.25, 0.3) is 0 Å². The Balaban J connectivity index is 2.63. The topological polar surface area (TPSA) is 41.6 Å². The SMILES string of the molecule is CCOC(=O)C(C)(CC(C)N(C)CC(C)CC)NC1CC1. The van der Waals surface area contributed by atoms with Crippen LogP contribution in [-0.4, -0.2) is 48.7 Å². The highest BCUT2D eigenvalue weighted by Gasteiger charge is 2.41. The quantitative estimate of drug-likeness (QED) is 0.630. The summed E-state index contributed by atoms with van der Waals surface area (Å²) in [6, 6.07) is 0.839. The second kappa shape index (κ2) is 8.14. The zero-order valence-electron chi connectivity index (χ0n) is 14.7. The number of rotatable bonds is 10.